The van der Waals surface area contributed by atoms with Crippen molar-refractivity contribution in [2.75, 3.05) is 0 Å². The van der Waals surface area contributed by atoms with Gasteiger partial charge in [0.15, 0.2) is 5.58 Å². The van der Waals surface area contributed by atoms with Gasteiger partial charge in [0.25, 0.3) is 0 Å². The van der Waals surface area contributed by atoms with Crippen molar-refractivity contribution < 1.29 is 8.83 Å². The average molecular weight is 1350 g/mol. The van der Waals surface area contributed by atoms with Crippen LogP contribution >= 0.6 is 0 Å². The van der Waals surface area contributed by atoms with Crippen LogP contribution in [-0.4, -0.2) is 18.3 Å². The topological polar surface area (TPSA) is 46.0 Å². The number of nitrogens with zero attached hydrogens (tertiary/aromatic N) is 4. The van der Waals surface area contributed by atoms with Crippen molar-refractivity contribution in [2.24, 2.45) is 0 Å². The van der Waals surface area contributed by atoms with E-state index in [0.717, 1.165) is 66.3 Å². The van der Waals surface area contributed by atoms with E-state index in [1.807, 2.05) is 12.1 Å². The smallest absolute Gasteiger partial charge is 0.160 e. The Kier molecular flexibility index (Phi) is 12.5. The largest absolute Gasteiger partial charge is 0.456 e. The maximum Gasteiger partial charge on any atom is 0.160 e. The highest BCUT2D eigenvalue weighted by Crippen LogP contribution is 2.47. The minimum Gasteiger partial charge on any atom is -0.456 e. The van der Waals surface area contributed by atoms with Gasteiger partial charge in [-0.25, -0.2) is 0 Å². The van der Waals surface area contributed by atoms with E-state index in [-0.39, 0.29) is 0 Å². The molecule has 6 heteroatoms. The molecule has 106 heavy (non-hydrogen) atoms. The van der Waals surface area contributed by atoms with Crippen LogP contribution in [0.5, 0.6) is 0 Å². The summed E-state index contributed by atoms with van der Waals surface area (Å²) in [6, 6.07) is 132. The molecule has 0 bridgehead atoms. The summed E-state index contributed by atoms with van der Waals surface area (Å²) in [5, 5.41) is 24.2. The Balaban J connectivity index is 0.000000129. The van der Waals surface area contributed by atoms with Crippen LogP contribution in [0, 0.1) is 0 Å². The first-order valence-electron chi connectivity index (χ1n) is 36.4. The Hall–Kier alpha value is -14.2. The number of fused-ring (bicyclic) bond motifs is 24. The second-order valence-electron chi connectivity index (χ2n) is 28.2. The number of aromatic nitrogens is 4. The van der Waals surface area contributed by atoms with E-state index in [1.165, 1.54) is 153 Å². The monoisotopic (exact) mass is 1350 g/mol. The van der Waals surface area contributed by atoms with Crippen LogP contribution in [0.4, 0.5) is 0 Å². The van der Waals surface area contributed by atoms with Crippen molar-refractivity contribution in [1.82, 2.24) is 18.3 Å². The maximum atomic E-state index is 6.72. The molecule has 0 spiro atoms. The van der Waals surface area contributed by atoms with Crippen LogP contribution in [-0.2, 0) is 0 Å². The minimum atomic E-state index is 0.899. The molecule has 492 valence electrons. The van der Waals surface area contributed by atoms with Gasteiger partial charge in [0, 0.05) is 80.8 Å². The number of benzene rings is 18. The van der Waals surface area contributed by atoms with Crippen molar-refractivity contribution in [2.45, 2.75) is 0 Å². The SMILES string of the molecule is c1ccc2c(-n3c4ccccc4c4cc(-c5ccc6c(c5)c5ccc7c8ccccc8oc7c5n6-c5cccc6ccccc56)ccc43)cccc2c1.c1ccc2c(-n3c4ccccc4c4cc(-c5ccc6c(c5)c5ccc7oc8ccccc8c7c5n6-c5cccc6ccccc56)ccc43)cccc2c1. The van der Waals surface area contributed by atoms with Gasteiger partial charge < -0.3 is 27.1 Å². The third kappa shape index (κ3) is 8.55. The first-order chi connectivity index (χ1) is 52.6. The molecule has 0 N–H and O–H groups in total. The van der Waals surface area contributed by atoms with E-state index < -0.39 is 0 Å². The molecule has 0 saturated carbocycles. The number of furan rings is 2. The van der Waals surface area contributed by atoms with E-state index in [4.69, 9.17) is 8.83 Å². The van der Waals surface area contributed by atoms with E-state index in [0.29, 0.717) is 0 Å². The third-order valence-corrected chi connectivity index (χ3v) is 22.6. The van der Waals surface area contributed by atoms with Gasteiger partial charge in [0.05, 0.1) is 72.3 Å². The quantitative estimate of drug-likeness (QED) is 0.167. The van der Waals surface area contributed by atoms with Crippen molar-refractivity contribution in [3.63, 3.8) is 0 Å². The highest BCUT2D eigenvalue weighted by atomic mass is 16.3. The Bertz CT molecular complexity index is 7830. The molecule has 0 aliphatic rings. The first-order valence-corrected chi connectivity index (χ1v) is 36.4. The van der Waals surface area contributed by atoms with Crippen molar-refractivity contribution in [3.05, 3.63) is 364 Å². The molecule has 24 aromatic rings. The molecule has 0 saturated heterocycles. The molecule has 0 amide bonds. The summed E-state index contributed by atoms with van der Waals surface area (Å²) >= 11 is 0. The molecule has 18 aromatic carbocycles. The molecule has 0 aliphatic heterocycles. The summed E-state index contributed by atoms with van der Waals surface area (Å²) in [5.74, 6) is 0. The van der Waals surface area contributed by atoms with Gasteiger partial charge in [-0.2, -0.15) is 0 Å². The van der Waals surface area contributed by atoms with E-state index in [2.05, 4.69) is 370 Å². The fraction of sp³-hybridized carbons (Fsp3) is 0. The Labute approximate surface area is 606 Å². The van der Waals surface area contributed by atoms with Crippen LogP contribution < -0.4 is 0 Å². The lowest BCUT2D eigenvalue weighted by Gasteiger charge is -2.13. The molecular weight excluding hydrogens is 1290 g/mol. The van der Waals surface area contributed by atoms with Crippen LogP contribution in [0.15, 0.2) is 373 Å². The van der Waals surface area contributed by atoms with E-state index in [1.54, 1.807) is 0 Å². The van der Waals surface area contributed by atoms with Crippen LogP contribution in [0.2, 0.25) is 0 Å². The van der Waals surface area contributed by atoms with Gasteiger partial charge in [-0.15, -0.1) is 0 Å². The lowest BCUT2D eigenvalue weighted by molar-refractivity contribution is 0.669. The average Bonchev–Trinajstić information content (AvgIpc) is 1.55. The molecule has 0 atom stereocenters. The predicted octanol–water partition coefficient (Wildman–Crippen LogP) is 27.5. The second kappa shape index (κ2) is 22.6. The molecule has 6 nitrogen and oxygen atoms in total. The zero-order valence-electron chi connectivity index (χ0n) is 57.2. The first kappa shape index (κ1) is 58.4. The van der Waals surface area contributed by atoms with Gasteiger partial charge in [-0.1, -0.05) is 249 Å². The van der Waals surface area contributed by atoms with Crippen molar-refractivity contribution >= 4 is 174 Å². The fourth-order valence-corrected chi connectivity index (χ4v) is 17.9. The summed E-state index contributed by atoms with van der Waals surface area (Å²) in [6.45, 7) is 0. The summed E-state index contributed by atoms with van der Waals surface area (Å²) in [4.78, 5) is 0. The molecule has 6 heterocycles. The Morgan fingerprint density at radius 3 is 0.943 bits per heavy atom. The molecular formula is C100H60N4O2. The number of rotatable bonds is 6. The molecule has 0 fully saturated rings. The van der Waals surface area contributed by atoms with Gasteiger partial charge in [-0.3, -0.25) is 0 Å². The highest BCUT2D eigenvalue weighted by molar-refractivity contribution is 6.27. The summed E-state index contributed by atoms with van der Waals surface area (Å²) in [6.07, 6.45) is 0. The van der Waals surface area contributed by atoms with Gasteiger partial charge in [-0.05, 0) is 159 Å². The zero-order chi connectivity index (χ0) is 69.2. The number of hydrogen-bond acceptors (Lipinski definition) is 2. The Morgan fingerprint density at radius 2 is 0.481 bits per heavy atom. The number of hydrogen-bond donors (Lipinski definition) is 0. The van der Waals surface area contributed by atoms with Crippen molar-refractivity contribution in [1.29, 1.82) is 0 Å². The third-order valence-electron chi connectivity index (χ3n) is 22.6. The zero-order valence-corrected chi connectivity index (χ0v) is 57.2. The van der Waals surface area contributed by atoms with E-state index in [9.17, 15) is 0 Å². The van der Waals surface area contributed by atoms with Gasteiger partial charge in [0.2, 0.25) is 0 Å². The lowest BCUT2D eigenvalue weighted by atomic mass is 10.00. The molecule has 6 aromatic heterocycles. The molecule has 24 rings (SSSR count). The molecule has 0 unspecified atom stereocenters. The van der Waals surface area contributed by atoms with Crippen LogP contribution in [0.1, 0.15) is 0 Å². The summed E-state index contributed by atoms with van der Waals surface area (Å²) in [5.41, 5.74) is 22.5. The summed E-state index contributed by atoms with van der Waals surface area (Å²) < 4.78 is 22.9. The van der Waals surface area contributed by atoms with Gasteiger partial charge in [0.1, 0.15) is 16.7 Å². The van der Waals surface area contributed by atoms with Crippen LogP contribution in [0.25, 0.3) is 219 Å². The maximum absolute atomic E-state index is 6.72. The van der Waals surface area contributed by atoms with Crippen LogP contribution in [0.3, 0.4) is 0 Å². The normalized spacial score (nSPS) is 12.2. The van der Waals surface area contributed by atoms with Gasteiger partial charge >= 0.3 is 0 Å². The lowest BCUT2D eigenvalue weighted by Crippen LogP contribution is -1.95. The highest BCUT2D eigenvalue weighted by Gasteiger charge is 2.25. The van der Waals surface area contributed by atoms with E-state index >= 15 is 0 Å². The Morgan fingerprint density at radius 1 is 0.170 bits per heavy atom. The molecule has 0 aliphatic carbocycles. The molecule has 0 radical (unpaired) electrons. The fourth-order valence-electron chi connectivity index (χ4n) is 17.9. The predicted molar refractivity (Wildman–Crippen MR) is 446 cm³/mol. The standard InChI is InChI=1S/2C50H30N2O/c1-3-15-35-31(11-1)13-9-20-43(35)51-45-19-7-5-17-37(45)41-29-33(23-27-46(41)51)34-24-28-47-42(30-34)39-25-26-40-38-18-6-8-22-48(38)53-50(40)49(39)52(47)44-21-10-14-32-12-2-4-16-36(32)44;1-3-15-35-31(11-1)13-9-20-42(35)51-44-19-7-5-17-37(44)40-29-33(23-26-45(40)51)34-24-27-46-41(30-34)38-25-28-48-49(39-18-6-8-22-47(39)53-48)50(38)52(46)43-21-10-14-32-12-2-4-16-36(32)43/h2*1-30H. The number of para-hydroxylation sites is 4. The minimum absolute atomic E-state index is 0.899. The second-order valence-corrected chi connectivity index (χ2v) is 28.2. The summed E-state index contributed by atoms with van der Waals surface area (Å²) in [7, 11) is 0. The van der Waals surface area contributed by atoms with Crippen molar-refractivity contribution in [3.8, 4) is 45.0 Å².